The van der Waals surface area contributed by atoms with E-state index in [1.165, 1.54) is 21.0 Å². The minimum Gasteiger partial charge on any atom is -0.496 e. The average Bonchev–Trinajstić information content (AvgIpc) is 2.61. The number of carbonyl (C=O) groups is 3. The number of carbonyl (C=O) groups excluding carboxylic acids is 3. The van der Waals surface area contributed by atoms with Crippen molar-refractivity contribution in [1.29, 1.82) is 0 Å². The third-order valence-corrected chi connectivity index (χ3v) is 3.76. The fourth-order valence-corrected chi connectivity index (χ4v) is 2.32. The fourth-order valence-electron chi connectivity index (χ4n) is 2.32. The molecule has 0 bridgehead atoms. The molecule has 0 heterocycles. The molecule has 136 valence electrons. The average molecular weight is 355 g/mol. The summed E-state index contributed by atoms with van der Waals surface area (Å²) < 4.78 is 10.4. The van der Waals surface area contributed by atoms with Gasteiger partial charge in [0.2, 0.25) is 0 Å². The zero-order valence-electron chi connectivity index (χ0n) is 15.2. The number of amides is 1. The summed E-state index contributed by atoms with van der Waals surface area (Å²) in [6.45, 7) is 4.76. The van der Waals surface area contributed by atoms with Crippen LogP contribution in [0.3, 0.4) is 0 Å². The molecule has 0 fully saturated rings. The first kappa shape index (κ1) is 19.2. The molecule has 2 aromatic carbocycles. The third kappa shape index (κ3) is 4.69. The van der Waals surface area contributed by atoms with Crippen molar-refractivity contribution < 1.29 is 23.9 Å². The van der Waals surface area contributed by atoms with E-state index in [1.54, 1.807) is 36.4 Å². The van der Waals surface area contributed by atoms with Gasteiger partial charge < -0.3 is 14.8 Å². The van der Waals surface area contributed by atoms with Gasteiger partial charge in [-0.2, -0.15) is 0 Å². The van der Waals surface area contributed by atoms with E-state index in [9.17, 15) is 14.4 Å². The lowest BCUT2D eigenvalue weighted by atomic mass is 10.1. The van der Waals surface area contributed by atoms with E-state index in [4.69, 9.17) is 9.47 Å². The topological polar surface area (TPSA) is 81.7 Å². The number of Topliss-reactive ketones (excluding diaryl/α,β-unsaturated/α-hetero) is 1. The summed E-state index contributed by atoms with van der Waals surface area (Å²) in [7, 11) is 1.46. The summed E-state index contributed by atoms with van der Waals surface area (Å²) in [6, 6.07) is 11.7. The molecule has 0 radical (unpaired) electrons. The Morgan fingerprint density at radius 2 is 1.81 bits per heavy atom. The number of esters is 1. The number of methoxy groups -OCH3 is 1. The minimum atomic E-state index is -1.02. The van der Waals surface area contributed by atoms with Gasteiger partial charge in [0.15, 0.2) is 11.9 Å². The van der Waals surface area contributed by atoms with Gasteiger partial charge in [0, 0.05) is 11.3 Å². The first-order valence-electron chi connectivity index (χ1n) is 8.09. The molecule has 0 aliphatic rings. The second-order valence-electron chi connectivity index (χ2n) is 5.88. The Balaban J connectivity index is 2.07. The van der Waals surface area contributed by atoms with Crippen LogP contribution in [0.1, 0.15) is 40.1 Å². The number of nitrogens with one attached hydrogen (secondary N) is 1. The van der Waals surface area contributed by atoms with Crippen molar-refractivity contribution in [1.82, 2.24) is 0 Å². The van der Waals surface area contributed by atoms with Crippen LogP contribution in [-0.4, -0.2) is 30.9 Å². The van der Waals surface area contributed by atoms with E-state index >= 15 is 0 Å². The van der Waals surface area contributed by atoms with Crippen molar-refractivity contribution in [2.75, 3.05) is 12.4 Å². The lowest BCUT2D eigenvalue weighted by Gasteiger charge is -2.15. The van der Waals surface area contributed by atoms with Gasteiger partial charge in [-0.1, -0.05) is 23.8 Å². The SMILES string of the molecule is COc1ccc(C)cc1C(=O)O[C@@H](C)C(=O)Nc1cccc(C(C)=O)c1. The molecule has 0 saturated carbocycles. The van der Waals surface area contributed by atoms with Crippen LogP contribution in [0.2, 0.25) is 0 Å². The van der Waals surface area contributed by atoms with E-state index in [2.05, 4.69) is 5.32 Å². The van der Waals surface area contributed by atoms with Gasteiger partial charge in [-0.25, -0.2) is 4.79 Å². The van der Waals surface area contributed by atoms with Crippen molar-refractivity contribution in [3.63, 3.8) is 0 Å². The molecule has 2 aromatic rings. The maximum Gasteiger partial charge on any atom is 0.342 e. The van der Waals surface area contributed by atoms with Gasteiger partial charge in [-0.3, -0.25) is 9.59 Å². The second kappa shape index (κ2) is 8.29. The molecule has 0 unspecified atom stereocenters. The monoisotopic (exact) mass is 355 g/mol. The second-order valence-corrected chi connectivity index (χ2v) is 5.88. The molecule has 6 heteroatoms. The highest BCUT2D eigenvalue weighted by Gasteiger charge is 2.21. The first-order chi connectivity index (χ1) is 12.3. The number of aryl methyl sites for hydroxylation is 1. The minimum absolute atomic E-state index is 0.105. The predicted molar refractivity (Wildman–Crippen MR) is 97.7 cm³/mol. The number of rotatable bonds is 6. The van der Waals surface area contributed by atoms with Crippen molar-refractivity contribution in [2.45, 2.75) is 26.9 Å². The van der Waals surface area contributed by atoms with Crippen molar-refractivity contribution in [2.24, 2.45) is 0 Å². The van der Waals surface area contributed by atoms with Crippen LogP contribution in [0.5, 0.6) is 5.75 Å². The molecule has 0 aromatic heterocycles. The van der Waals surface area contributed by atoms with Gasteiger partial charge in [-0.05, 0) is 45.0 Å². The summed E-state index contributed by atoms with van der Waals surface area (Å²) >= 11 is 0. The quantitative estimate of drug-likeness (QED) is 0.634. The predicted octanol–water partition coefficient (Wildman–Crippen LogP) is 3.39. The van der Waals surface area contributed by atoms with E-state index < -0.39 is 18.0 Å². The van der Waals surface area contributed by atoms with Gasteiger partial charge in [-0.15, -0.1) is 0 Å². The van der Waals surface area contributed by atoms with E-state index in [-0.39, 0.29) is 11.3 Å². The summed E-state index contributed by atoms with van der Waals surface area (Å²) in [5, 5.41) is 2.63. The highest BCUT2D eigenvalue weighted by Crippen LogP contribution is 2.21. The van der Waals surface area contributed by atoms with Gasteiger partial charge in [0.25, 0.3) is 5.91 Å². The van der Waals surface area contributed by atoms with Crippen LogP contribution in [0.15, 0.2) is 42.5 Å². The molecule has 6 nitrogen and oxygen atoms in total. The van der Waals surface area contributed by atoms with Gasteiger partial charge in [0.1, 0.15) is 11.3 Å². The van der Waals surface area contributed by atoms with Crippen LogP contribution in [0.25, 0.3) is 0 Å². The normalized spacial score (nSPS) is 11.4. The van der Waals surface area contributed by atoms with E-state index in [0.717, 1.165) is 5.56 Å². The summed E-state index contributed by atoms with van der Waals surface area (Å²) in [5.41, 5.74) is 2.07. The molecular weight excluding hydrogens is 334 g/mol. The number of hydrogen-bond donors (Lipinski definition) is 1. The molecule has 1 N–H and O–H groups in total. The number of ether oxygens (including phenoxy) is 2. The molecule has 2 rings (SSSR count). The summed E-state index contributed by atoms with van der Waals surface area (Å²) in [5.74, 6) is -0.870. The Morgan fingerprint density at radius 1 is 1.08 bits per heavy atom. The van der Waals surface area contributed by atoms with Gasteiger partial charge >= 0.3 is 5.97 Å². The molecule has 1 amide bonds. The highest BCUT2D eigenvalue weighted by molar-refractivity contribution is 6.00. The fraction of sp³-hybridized carbons (Fsp3) is 0.250. The zero-order chi connectivity index (χ0) is 19.3. The van der Waals surface area contributed by atoms with Crippen molar-refractivity contribution in [3.8, 4) is 5.75 Å². The van der Waals surface area contributed by atoms with Crippen molar-refractivity contribution in [3.05, 3.63) is 59.2 Å². The van der Waals surface area contributed by atoms with Crippen LogP contribution in [-0.2, 0) is 9.53 Å². The number of ketones is 1. The maximum absolute atomic E-state index is 12.4. The van der Waals surface area contributed by atoms with Crippen LogP contribution < -0.4 is 10.1 Å². The van der Waals surface area contributed by atoms with Crippen LogP contribution >= 0.6 is 0 Å². The smallest absolute Gasteiger partial charge is 0.342 e. The Morgan fingerprint density at radius 3 is 2.46 bits per heavy atom. The van der Waals surface area contributed by atoms with E-state index in [1.807, 2.05) is 13.0 Å². The Hall–Kier alpha value is -3.15. The first-order valence-corrected chi connectivity index (χ1v) is 8.09. The highest BCUT2D eigenvalue weighted by atomic mass is 16.5. The number of hydrogen-bond acceptors (Lipinski definition) is 5. The Labute approximate surface area is 152 Å². The number of benzene rings is 2. The molecule has 26 heavy (non-hydrogen) atoms. The largest absolute Gasteiger partial charge is 0.496 e. The zero-order valence-corrected chi connectivity index (χ0v) is 15.2. The molecule has 0 spiro atoms. The molecule has 0 aliphatic heterocycles. The third-order valence-electron chi connectivity index (χ3n) is 3.76. The summed E-state index contributed by atoms with van der Waals surface area (Å²) in [6.07, 6.45) is -1.02. The Bertz CT molecular complexity index is 844. The molecule has 1 atom stereocenters. The number of anilines is 1. The van der Waals surface area contributed by atoms with Gasteiger partial charge in [0.05, 0.1) is 7.11 Å². The summed E-state index contributed by atoms with van der Waals surface area (Å²) in [4.78, 5) is 36.1. The molecule has 0 saturated heterocycles. The van der Waals surface area contributed by atoms with E-state index in [0.29, 0.717) is 17.0 Å². The standard InChI is InChI=1S/C20H21NO5/c1-12-8-9-18(25-4)17(10-12)20(24)26-14(3)19(23)21-16-7-5-6-15(11-16)13(2)22/h5-11,14H,1-4H3,(H,21,23)/t14-/m0/s1. The molecular formula is C20H21NO5. The van der Waals surface area contributed by atoms with Crippen LogP contribution in [0, 0.1) is 6.92 Å². The maximum atomic E-state index is 12.4. The Kier molecular flexibility index (Phi) is 6.11. The van der Waals surface area contributed by atoms with Crippen molar-refractivity contribution >= 4 is 23.3 Å². The molecule has 0 aliphatic carbocycles. The lowest BCUT2D eigenvalue weighted by molar-refractivity contribution is -0.123. The van der Waals surface area contributed by atoms with Crippen LogP contribution in [0.4, 0.5) is 5.69 Å². The lowest BCUT2D eigenvalue weighted by Crippen LogP contribution is -2.30.